The molecule has 4 aliphatic carbocycles. The van der Waals surface area contributed by atoms with Gasteiger partial charge in [0.1, 0.15) is 17.9 Å². The summed E-state index contributed by atoms with van der Waals surface area (Å²) in [6, 6.07) is 7.17. The lowest BCUT2D eigenvalue weighted by Gasteiger charge is -2.61. The lowest BCUT2D eigenvalue weighted by molar-refractivity contribution is -0.137. The number of phenols is 1. The summed E-state index contributed by atoms with van der Waals surface area (Å²) in [5.74, 6) is 4.86. The van der Waals surface area contributed by atoms with Crippen LogP contribution in [0.2, 0.25) is 0 Å². The molecule has 1 aromatic carbocycles. The number of hydrogen-bond donors (Lipinski definition) is 4. The van der Waals surface area contributed by atoms with Crippen molar-refractivity contribution in [3.8, 4) is 5.75 Å². The predicted molar refractivity (Wildman–Crippen MR) is 175 cm³/mol. The largest absolute Gasteiger partial charge is 0.508 e. The third-order valence-electron chi connectivity index (χ3n) is 14.5. The topological polar surface area (TPSA) is 99.7 Å². The minimum atomic E-state index is -0.225. The molecule has 4 saturated carbocycles. The molecule has 0 radical (unpaired) electrons. The molecule has 2 amide bonds. The second-order valence-electron chi connectivity index (χ2n) is 16.8. The summed E-state index contributed by atoms with van der Waals surface area (Å²) >= 11 is 0. The fraction of sp³-hybridized carbons (Fsp3) is 0.789. The molecular formula is C38H57N3O4. The van der Waals surface area contributed by atoms with Crippen molar-refractivity contribution in [2.24, 2.45) is 52.3 Å². The minimum absolute atomic E-state index is 0.0897. The molecule has 2 aliphatic heterocycles. The van der Waals surface area contributed by atoms with Crippen molar-refractivity contribution in [2.75, 3.05) is 13.1 Å². The Labute approximate surface area is 270 Å². The summed E-state index contributed by atoms with van der Waals surface area (Å²) < 4.78 is 7.08. The van der Waals surface area contributed by atoms with Crippen molar-refractivity contribution in [3.63, 3.8) is 0 Å². The molecule has 1 spiro atoms. The predicted octanol–water partition coefficient (Wildman–Crippen LogP) is 5.95. The number of amides is 2. The van der Waals surface area contributed by atoms with Gasteiger partial charge in [0.15, 0.2) is 0 Å². The van der Waals surface area contributed by atoms with Gasteiger partial charge in [-0.05, 0) is 135 Å². The molecule has 4 N–H and O–H groups in total. The van der Waals surface area contributed by atoms with Crippen LogP contribution >= 0.6 is 0 Å². The van der Waals surface area contributed by atoms with E-state index in [-0.39, 0.29) is 35.8 Å². The Balaban J connectivity index is 0.919. The molecule has 1 aromatic rings. The maximum absolute atomic E-state index is 12.9. The number of fused-ring (bicyclic) bond motifs is 7. The number of benzene rings is 1. The Morgan fingerprint density at radius 1 is 0.933 bits per heavy atom. The fourth-order valence-corrected chi connectivity index (χ4v) is 12.1. The zero-order valence-corrected chi connectivity index (χ0v) is 28.1. The van der Waals surface area contributed by atoms with Crippen LogP contribution in [0.15, 0.2) is 24.3 Å². The Bertz CT molecular complexity index is 1260. The van der Waals surface area contributed by atoms with Gasteiger partial charge in [0.05, 0.1) is 6.10 Å². The summed E-state index contributed by atoms with van der Waals surface area (Å²) in [6.07, 6.45) is 13.2. The van der Waals surface area contributed by atoms with Gasteiger partial charge >= 0.3 is 0 Å². The molecule has 0 aromatic heterocycles. The van der Waals surface area contributed by atoms with Crippen molar-refractivity contribution in [1.29, 1.82) is 0 Å². The van der Waals surface area contributed by atoms with Gasteiger partial charge in [-0.3, -0.25) is 14.9 Å². The molecule has 12 atom stereocenters. The van der Waals surface area contributed by atoms with Crippen molar-refractivity contribution in [3.05, 3.63) is 29.8 Å². The van der Waals surface area contributed by atoms with Gasteiger partial charge in [0, 0.05) is 25.0 Å². The van der Waals surface area contributed by atoms with Gasteiger partial charge in [-0.15, -0.1) is 0 Å². The smallest absolute Gasteiger partial charge is 0.229 e. The number of carbonyl (C=O) groups is 2. The summed E-state index contributed by atoms with van der Waals surface area (Å²) in [6.45, 7) is 11.7. The fourth-order valence-electron chi connectivity index (χ4n) is 12.1. The summed E-state index contributed by atoms with van der Waals surface area (Å²) in [7, 11) is 0. The van der Waals surface area contributed by atoms with Crippen LogP contribution in [0.25, 0.3) is 0 Å². The van der Waals surface area contributed by atoms with Crippen molar-refractivity contribution in [1.82, 2.24) is 16.0 Å². The number of rotatable bonds is 6. The van der Waals surface area contributed by atoms with Crippen LogP contribution in [0.3, 0.4) is 0 Å². The second-order valence-corrected chi connectivity index (χ2v) is 16.8. The highest BCUT2D eigenvalue weighted by atomic mass is 16.5. The molecular weight excluding hydrogens is 562 g/mol. The molecule has 6 fully saturated rings. The van der Waals surface area contributed by atoms with E-state index in [9.17, 15) is 14.7 Å². The lowest BCUT2D eigenvalue weighted by Crippen LogP contribution is -2.58. The molecule has 7 heteroatoms. The number of piperidine rings is 1. The van der Waals surface area contributed by atoms with Gasteiger partial charge in [0.25, 0.3) is 0 Å². The molecule has 2 saturated heterocycles. The average molecular weight is 620 g/mol. The van der Waals surface area contributed by atoms with E-state index in [0.29, 0.717) is 47.7 Å². The monoisotopic (exact) mass is 619 g/mol. The van der Waals surface area contributed by atoms with Crippen LogP contribution in [-0.2, 0) is 20.7 Å². The molecule has 248 valence electrons. The number of nitrogens with one attached hydrogen (secondary N) is 3. The first kappa shape index (κ1) is 31.5. The summed E-state index contributed by atoms with van der Waals surface area (Å²) in [4.78, 5) is 25.3. The standard InChI is InChI=1S/C38H57N3O4/c1-23-11-17-38(40-22-23)24(2)35-32(45-38)20-31-29-10-7-26-19-27(12-15-36(26,3)30(29)13-16-37(31,35)4)41-34(44)21-33(43)39-18-14-25-5-8-28(42)9-6-25/h5-6,8-9,23-24,26-27,29-32,35,40,42H,7,10-22H2,1-4H3,(H,39,43)(H,41,44)/t23-,24+,26+,27-,29-,30+,31+,32+,35+,36+,37+,38-/m1/s1. The molecule has 7 rings (SSSR count). The van der Waals surface area contributed by atoms with E-state index in [1.807, 2.05) is 12.1 Å². The maximum Gasteiger partial charge on any atom is 0.229 e. The number of aromatic hydroxyl groups is 1. The van der Waals surface area contributed by atoms with E-state index in [4.69, 9.17) is 4.74 Å². The van der Waals surface area contributed by atoms with E-state index in [0.717, 1.165) is 55.0 Å². The lowest BCUT2D eigenvalue weighted by atomic mass is 9.44. The van der Waals surface area contributed by atoms with Crippen molar-refractivity contribution in [2.45, 2.75) is 123 Å². The highest BCUT2D eigenvalue weighted by Gasteiger charge is 2.68. The van der Waals surface area contributed by atoms with E-state index < -0.39 is 0 Å². The van der Waals surface area contributed by atoms with Gasteiger partial charge in [-0.25, -0.2) is 0 Å². The van der Waals surface area contributed by atoms with Gasteiger partial charge < -0.3 is 20.5 Å². The molecule has 45 heavy (non-hydrogen) atoms. The van der Waals surface area contributed by atoms with Crippen LogP contribution in [0.5, 0.6) is 5.75 Å². The second kappa shape index (κ2) is 11.8. The highest BCUT2D eigenvalue weighted by Crippen LogP contribution is 2.71. The van der Waals surface area contributed by atoms with Crippen molar-refractivity contribution >= 4 is 11.8 Å². The molecule has 0 bridgehead atoms. The zero-order valence-electron chi connectivity index (χ0n) is 28.1. The van der Waals surface area contributed by atoms with Crippen LogP contribution in [0, 0.1) is 52.3 Å². The maximum atomic E-state index is 12.9. The quantitative estimate of drug-likeness (QED) is 0.295. The first-order chi connectivity index (χ1) is 21.5. The molecule has 7 nitrogen and oxygen atoms in total. The van der Waals surface area contributed by atoms with Crippen LogP contribution in [-0.4, -0.2) is 47.9 Å². The number of hydrogen-bond acceptors (Lipinski definition) is 5. The zero-order chi connectivity index (χ0) is 31.6. The molecule has 0 unspecified atom stereocenters. The number of ether oxygens (including phenoxy) is 1. The first-order valence-corrected chi connectivity index (χ1v) is 18.3. The molecule has 6 aliphatic rings. The highest BCUT2D eigenvalue weighted by molar-refractivity contribution is 5.96. The van der Waals surface area contributed by atoms with Crippen LogP contribution < -0.4 is 16.0 Å². The van der Waals surface area contributed by atoms with E-state index >= 15 is 0 Å². The third kappa shape index (κ3) is 5.52. The summed E-state index contributed by atoms with van der Waals surface area (Å²) in [5, 5.41) is 19.5. The van der Waals surface area contributed by atoms with Gasteiger partial charge in [0.2, 0.25) is 11.8 Å². The normalized spacial score (nSPS) is 45.2. The van der Waals surface area contributed by atoms with E-state index in [2.05, 4.69) is 43.6 Å². The van der Waals surface area contributed by atoms with E-state index in [1.165, 1.54) is 44.9 Å². The van der Waals surface area contributed by atoms with Gasteiger partial charge in [-0.1, -0.05) is 39.8 Å². The minimum Gasteiger partial charge on any atom is -0.508 e. The Hall–Kier alpha value is -2.12. The van der Waals surface area contributed by atoms with Crippen LogP contribution in [0.1, 0.15) is 104 Å². The third-order valence-corrected chi connectivity index (χ3v) is 14.5. The Morgan fingerprint density at radius 3 is 2.47 bits per heavy atom. The van der Waals surface area contributed by atoms with E-state index in [1.54, 1.807) is 12.1 Å². The molecule has 2 heterocycles. The first-order valence-electron chi connectivity index (χ1n) is 18.3. The van der Waals surface area contributed by atoms with Gasteiger partial charge in [-0.2, -0.15) is 0 Å². The average Bonchev–Trinajstić information content (AvgIpc) is 3.45. The van der Waals surface area contributed by atoms with Crippen molar-refractivity contribution < 1.29 is 19.4 Å². The Morgan fingerprint density at radius 2 is 1.71 bits per heavy atom. The summed E-state index contributed by atoms with van der Waals surface area (Å²) in [5.41, 5.74) is 1.69. The number of phenolic OH excluding ortho intramolecular Hbond substituents is 1. The SMILES string of the molecule is C[C@@H]1CC[C@@]2(NC1)O[C@H]1C[C@H]3[C@@H]4CC[C@H]5C[C@H](NC(=O)CC(=O)NCCc6ccc(O)cc6)CC[C@]5(C)[C@H]4CC[C@]3(C)[C@H]1[C@@H]2C. The Kier molecular flexibility index (Phi) is 8.28. The number of carbonyl (C=O) groups excluding carboxylic acids is 2. The van der Waals surface area contributed by atoms with Crippen LogP contribution in [0.4, 0.5) is 0 Å².